The second-order valence-electron chi connectivity index (χ2n) is 4.57. The number of esters is 1. The Hall–Kier alpha value is -1.20. The van der Waals surface area contributed by atoms with Gasteiger partial charge in [0.05, 0.1) is 23.8 Å². The highest BCUT2D eigenvalue weighted by atomic mass is 32.2. The number of quaternary nitrogens is 2. The van der Waals surface area contributed by atoms with Gasteiger partial charge in [-0.3, -0.25) is 4.79 Å². The zero-order chi connectivity index (χ0) is 16.2. The second-order valence-corrected chi connectivity index (χ2v) is 5.56. The minimum Gasteiger partial charge on any atom is -0.595 e. The van der Waals surface area contributed by atoms with Crippen molar-refractivity contribution >= 4 is 29.1 Å². The van der Waals surface area contributed by atoms with Crippen LogP contribution in [0.15, 0.2) is 17.0 Å². The first kappa shape index (κ1) is 17.9. The smallest absolute Gasteiger partial charge is 0.315 e. The molecule has 2 atom stereocenters. The van der Waals surface area contributed by atoms with Crippen molar-refractivity contribution < 1.29 is 30.4 Å². The van der Waals surface area contributed by atoms with Crippen molar-refractivity contribution in [1.82, 2.24) is 0 Å². The Kier molecular flexibility index (Phi) is 6.55. The first-order valence-electron chi connectivity index (χ1n) is 6.12. The lowest BCUT2D eigenvalue weighted by molar-refractivity contribution is -0.997. The number of hydrogen-bond acceptors (Lipinski definition) is 7. The lowest BCUT2D eigenvalue weighted by Crippen LogP contribution is -3.01. The summed E-state index contributed by atoms with van der Waals surface area (Å²) in [6.07, 6.45) is 0. The van der Waals surface area contributed by atoms with Crippen molar-refractivity contribution in [1.29, 1.82) is 0 Å². The van der Waals surface area contributed by atoms with Crippen LogP contribution in [0.3, 0.4) is 0 Å². The summed E-state index contributed by atoms with van der Waals surface area (Å²) in [4.78, 5) is 11.6. The van der Waals surface area contributed by atoms with E-state index in [2.05, 4.69) is 4.74 Å². The maximum Gasteiger partial charge on any atom is 0.315 e. The molecule has 0 aliphatic carbocycles. The van der Waals surface area contributed by atoms with Crippen LogP contribution in [0.1, 0.15) is 25.3 Å². The number of ether oxygens (including phenoxy) is 1. The van der Waals surface area contributed by atoms with Crippen LogP contribution < -0.4 is 10.5 Å². The molecule has 0 aliphatic heterocycles. The van der Waals surface area contributed by atoms with E-state index in [1.165, 1.54) is 13.2 Å². The SMILES string of the molecule is COC(=O)CSc1c(C(C)C)cc([NH+]([O-])O)cc1[NH+]([O-])O. The number of carbonyl (C=O) groups is 1. The summed E-state index contributed by atoms with van der Waals surface area (Å²) in [6.45, 7) is 3.66. The maximum absolute atomic E-state index is 11.4. The topological polar surface area (TPSA) is 122 Å². The molecule has 0 amide bonds. The molecule has 0 saturated heterocycles. The van der Waals surface area contributed by atoms with Gasteiger partial charge in [-0.2, -0.15) is 10.5 Å². The Labute approximate surface area is 126 Å². The van der Waals surface area contributed by atoms with Crippen LogP contribution >= 0.6 is 11.8 Å². The molecule has 1 aromatic rings. The molecule has 0 bridgehead atoms. The zero-order valence-corrected chi connectivity index (χ0v) is 12.7. The molecule has 2 unspecified atom stereocenters. The summed E-state index contributed by atoms with van der Waals surface area (Å²) in [5.74, 6) is -0.598. The third kappa shape index (κ3) is 4.64. The third-order valence-corrected chi connectivity index (χ3v) is 3.90. The average Bonchev–Trinajstić information content (AvgIpc) is 2.43. The van der Waals surface area contributed by atoms with Crippen molar-refractivity contribution in [2.24, 2.45) is 0 Å². The lowest BCUT2D eigenvalue weighted by atomic mass is 10.0. The highest BCUT2D eigenvalue weighted by Gasteiger charge is 2.22. The molecular weight excluding hydrogens is 300 g/mol. The van der Waals surface area contributed by atoms with Gasteiger partial charge in [0.15, 0.2) is 11.4 Å². The molecule has 1 rings (SSSR count). The lowest BCUT2D eigenvalue weighted by Gasteiger charge is -2.22. The molecule has 0 saturated carbocycles. The molecule has 9 heteroatoms. The van der Waals surface area contributed by atoms with E-state index in [0.717, 1.165) is 17.8 Å². The van der Waals surface area contributed by atoms with E-state index in [-0.39, 0.29) is 23.0 Å². The Bertz CT molecular complexity index is 478. The Morgan fingerprint density at radius 3 is 2.38 bits per heavy atom. The van der Waals surface area contributed by atoms with Crippen LogP contribution in [-0.2, 0) is 9.53 Å². The second kappa shape index (κ2) is 7.71. The minimum atomic E-state index is -1.23. The Balaban J connectivity index is 3.32. The van der Waals surface area contributed by atoms with Crippen LogP contribution in [0.2, 0.25) is 0 Å². The summed E-state index contributed by atoms with van der Waals surface area (Å²) in [6, 6.07) is 2.55. The summed E-state index contributed by atoms with van der Waals surface area (Å²) in [7, 11) is 1.25. The molecular formula is C12H18N2O6S. The summed E-state index contributed by atoms with van der Waals surface area (Å²) >= 11 is 1.04. The molecule has 21 heavy (non-hydrogen) atoms. The van der Waals surface area contributed by atoms with Gasteiger partial charge in [0.1, 0.15) is 0 Å². The molecule has 0 aliphatic rings. The summed E-state index contributed by atoms with van der Waals surface area (Å²) < 4.78 is 4.53. The van der Waals surface area contributed by atoms with E-state index in [4.69, 9.17) is 5.21 Å². The van der Waals surface area contributed by atoms with Gasteiger partial charge in [-0.15, -0.1) is 11.8 Å². The normalized spacial score (nSPS) is 14.1. The van der Waals surface area contributed by atoms with E-state index >= 15 is 0 Å². The van der Waals surface area contributed by atoms with Gasteiger partial charge in [0.2, 0.25) is 0 Å². The van der Waals surface area contributed by atoms with Crippen LogP contribution in [0.25, 0.3) is 0 Å². The van der Waals surface area contributed by atoms with Crippen molar-refractivity contribution in [2.45, 2.75) is 24.7 Å². The average molecular weight is 318 g/mol. The number of methoxy groups -OCH3 is 1. The molecule has 8 nitrogen and oxygen atoms in total. The number of hydrogen-bond donors (Lipinski definition) is 4. The standard InChI is InChI=1S/C12H18N2O6S/c1-7(2)9-4-8(13(16)17)5-10(14(18)19)12(9)21-6-11(15)20-3/h4-5,7,13-14,16,18H,6H2,1-3H3. The number of nitrogens with one attached hydrogen (secondary N) is 2. The van der Waals surface area contributed by atoms with Crippen LogP contribution in [-0.4, -0.2) is 29.2 Å². The van der Waals surface area contributed by atoms with Crippen molar-refractivity contribution in [3.8, 4) is 0 Å². The third-order valence-electron chi connectivity index (χ3n) is 2.78. The Morgan fingerprint density at radius 1 is 1.33 bits per heavy atom. The summed E-state index contributed by atoms with van der Waals surface area (Å²) in [5, 5.41) is 38.4. The fourth-order valence-corrected chi connectivity index (χ4v) is 2.86. The number of carbonyl (C=O) groups excluding carboxylic acids is 1. The van der Waals surface area contributed by atoms with Gasteiger partial charge in [-0.25, -0.2) is 10.4 Å². The molecule has 4 N–H and O–H groups in total. The van der Waals surface area contributed by atoms with Gasteiger partial charge in [0, 0.05) is 6.07 Å². The highest BCUT2D eigenvalue weighted by molar-refractivity contribution is 8.00. The minimum absolute atomic E-state index is 0.0388. The fraction of sp³-hybridized carbons (Fsp3) is 0.417. The van der Waals surface area contributed by atoms with Gasteiger partial charge in [0.25, 0.3) is 0 Å². The number of rotatable bonds is 6. The molecule has 0 fully saturated rings. The van der Waals surface area contributed by atoms with E-state index < -0.39 is 16.4 Å². The zero-order valence-electron chi connectivity index (χ0n) is 11.9. The van der Waals surface area contributed by atoms with Crippen molar-refractivity contribution in [3.05, 3.63) is 28.1 Å². The first-order chi connectivity index (χ1) is 9.77. The number of benzene rings is 1. The van der Waals surface area contributed by atoms with Gasteiger partial charge >= 0.3 is 5.97 Å². The van der Waals surface area contributed by atoms with Crippen LogP contribution in [0.5, 0.6) is 0 Å². The van der Waals surface area contributed by atoms with Crippen LogP contribution in [0.4, 0.5) is 11.4 Å². The molecule has 0 radical (unpaired) electrons. The van der Waals surface area contributed by atoms with E-state index in [1.54, 1.807) is 0 Å². The van der Waals surface area contributed by atoms with Crippen molar-refractivity contribution in [3.63, 3.8) is 0 Å². The monoisotopic (exact) mass is 318 g/mol. The Morgan fingerprint density at radius 2 is 1.95 bits per heavy atom. The first-order valence-corrected chi connectivity index (χ1v) is 7.10. The fourth-order valence-electron chi connectivity index (χ4n) is 1.71. The molecule has 0 heterocycles. The molecule has 118 valence electrons. The van der Waals surface area contributed by atoms with Gasteiger partial charge < -0.3 is 15.2 Å². The predicted molar refractivity (Wildman–Crippen MR) is 74.8 cm³/mol. The maximum atomic E-state index is 11.4. The van der Waals surface area contributed by atoms with E-state index in [1.807, 2.05) is 13.8 Å². The highest BCUT2D eigenvalue weighted by Crippen LogP contribution is 2.35. The van der Waals surface area contributed by atoms with Crippen molar-refractivity contribution in [2.75, 3.05) is 12.9 Å². The predicted octanol–water partition coefficient (Wildman–Crippen LogP) is -0.118. The molecule has 0 aromatic heterocycles. The summed E-state index contributed by atoms with van der Waals surface area (Å²) in [5.41, 5.74) is 0.382. The molecule has 1 aromatic carbocycles. The largest absolute Gasteiger partial charge is 0.595 e. The molecule has 0 spiro atoms. The van der Waals surface area contributed by atoms with E-state index in [0.29, 0.717) is 10.5 Å². The number of thioether (sulfide) groups is 1. The quantitative estimate of drug-likeness (QED) is 0.328. The van der Waals surface area contributed by atoms with Gasteiger partial charge in [-0.1, -0.05) is 13.8 Å². The van der Waals surface area contributed by atoms with Gasteiger partial charge in [-0.05, 0) is 11.5 Å². The van der Waals surface area contributed by atoms with E-state index in [9.17, 15) is 20.4 Å². The van der Waals surface area contributed by atoms with Crippen LogP contribution in [0, 0.1) is 10.4 Å².